The Morgan fingerprint density at radius 1 is 0.839 bits per heavy atom. The number of sulfonamides is 1. The maximum Gasteiger partial charge on any atom is 0.253 e. The molecule has 4 rings (SSSR count). The van der Waals surface area contributed by atoms with Crippen LogP contribution in [0.5, 0.6) is 0 Å². The lowest BCUT2D eigenvalue weighted by Crippen LogP contribution is -2.36. The number of hydrogen-bond acceptors (Lipinski definition) is 3. The lowest BCUT2D eigenvalue weighted by Gasteiger charge is -2.26. The zero-order valence-corrected chi connectivity index (χ0v) is 18.5. The Kier molecular flexibility index (Phi) is 6.72. The van der Waals surface area contributed by atoms with E-state index in [0.717, 1.165) is 44.1 Å². The zero-order chi connectivity index (χ0) is 21.8. The molecular weight excluding hydrogens is 415 g/mol. The number of carbonyl (C=O) groups excluding carboxylic acids is 1. The van der Waals surface area contributed by atoms with Crippen LogP contribution in [0.3, 0.4) is 0 Å². The highest BCUT2D eigenvalue weighted by Crippen LogP contribution is 2.28. The summed E-state index contributed by atoms with van der Waals surface area (Å²) in [6, 6.07) is 12.9. The normalized spacial score (nSPS) is 20.9. The fraction of sp³-hybridized carbons (Fsp3) is 0.458. The minimum absolute atomic E-state index is 0.0871. The second kappa shape index (κ2) is 9.49. The lowest BCUT2D eigenvalue weighted by molar-refractivity contribution is 0.0754. The summed E-state index contributed by atoms with van der Waals surface area (Å²) in [5.41, 5.74) is 1.54. The van der Waals surface area contributed by atoms with E-state index >= 15 is 0 Å². The van der Waals surface area contributed by atoms with Crippen molar-refractivity contribution in [3.8, 4) is 0 Å². The van der Waals surface area contributed by atoms with Crippen molar-refractivity contribution in [1.82, 2.24) is 9.21 Å². The maximum atomic E-state index is 13.3. The minimum atomic E-state index is -3.51. The first-order chi connectivity index (χ1) is 14.9. The van der Waals surface area contributed by atoms with Gasteiger partial charge in [-0.05, 0) is 67.6 Å². The molecule has 2 aliphatic heterocycles. The summed E-state index contributed by atoms with van der Waals surface area (Å²) in [7, 11) is -3.51. The molecule has 31 heavy (non-hydrogen) atoms. The highest BCUT2D eigenvalue weighted by atomic mass is 32.2. The molecule has 2 heterocycles. The first kappa shape index (κ1) is 22.0. The van der Waals surface area contributed by atoms with Crippen molar-refractivity contribution >= 4 is 15.9 Å². The number of halogens is 1. The van der Waals surface area contributed by atoms with E-state index in [1.807, 2.05) is 4.90 Å². The molecule has 0 saturated carbocycles. The summed E-state index contributed by atoms with van der Waals surface area (Å²) in [6.45, 7) is 2.37. The molecule has 2 fully saturated rings. The van der Waals surface area contributed by atoms with E-state index in [1.165, 1.54) is 16.4 Å². The predicted molar refractivity (Wildman–Crippen MR) is 118 cm³/mol. The molecule has 1 amide bonds. The zero-order valence-electron chi connectivity index (χ0n) is 17.7. The van der Waals surface area contributed by atoms with Crippen LogP contribution in [-0.4, -0.2) is 49.7 Å². The first-order valence-electron chi connectivity index (χ1n) is 11.1. The molecule has 0 unspecified atom stereocenters. The molecule has 2 aromatic rings. The molecule has 0 spiro atoms. The minimum Gasteiger partial charge on any atom is -0.338 e. The van der Waals surface area contributed by atoms with Crippen molar-refractivity contribution in [2.24, 2.45) is 0 Å². The first-order valence-corrected chi connectivity index (χ1v) is 12.5. The molecule has 0 aliphatic carbocycles. The van der Waals surface area contributed by atoms with E-state index in [0.29, 0.717) is 31.7 Å². The highest BCUT2D eigenvalue weighted by Gasteiger charge is 2.27. The molecule has 0 N–H and O–H groups in total. The van der Waals surface area contributed by atoms with E-state index in [2.05, 4.69) is 0 Å². The van der Waals surface area contributed by atoms with Gasteiger partial charge in [-0.15, -0.1) is 0 Å². The van der Waals surface area contributed by atoms with Gasteiger partial charge in [0.2, 0.25) is 10.0 Å². The van der Waals surface area contributed by atoms with Crippen molar-refractivity contribution in [3.05, 3.63) is 65.5 Å². The third kappa shape index (κ3) is 4.99. The maximum absolute atomic E-state index is 13.3. The SMILES string of the molecule is O=C(c1ccc(S(=O)(=O)N2CCCCC2)cc1)N1CCCC[C@@H](c2ccc(F)cc2)C1. The third-order valence-electron chi connectivity index (χ3n) is 6.35. The molecule has 166 valence electrons. The Morgan fingerprint density at radius 2 is 1.48 bits per heavy atom. The van der Waals surface area contributed by atoms with Gasteiger partial charge in [0.15, 0.2) is 0 Å². The number of hydrogen-bond donors (Lipinski definition) is 0. The van der Waals surface area contributed by atoms with Gasteiger partial charge in [-0.25, -0.2) is 12.8 Å². The number of rotatable bonds is 4. The van der Waals surface area contributed by atoms with E-state index in [9.17, 15) is 17.6 Å². The Labute approximate surface area is 183 Å². The van der Waals surface area contributed by atoms with Crippen LogP contribution in [0.4, 0.5) is 4.39 Å². The van der Waals surface area contributed by atoms with Crippen LogP contribution in [0.1, 0.15) is 60.4 Å². The van der Waals surface area contributed by atoms with Gasteiger partial charge in [0.1, 0.15) is 5.82 Å². The van der Waals surface area contributed by atoms with Gasteiger partial charge in [0.05, 0.1) is 4.90 Å². The van der Waals surface area contributed by atoms with Gasteiger partial charge < -0.3 is 4.90 Å². The number of likely N-dealkylation sites (tertiary alicyclic amines) is 1. The van der Waals surface area contributed by atoms with Crippen molar-refractivity contribution in [2.75, 3.05) is 26.2 Å². The average Bonchev–Trinajstić information content (AvgIpc) is 3.06. The number of benzene rings is 2. The number of carbonyl (C=O) groups is 1. The second-order valence-corrected chi connectivity index (χ2v) is 10.4. The standard InChI is InChI=1S/C24H29FN2O3S/c25-22-11-7-19(8-12-22)21-6-2-5-15-26(18-21)24(28)20-9-13-23(14-10-20)31(29,30)27-16-3-1-4-17-27/h7-14,21H,1-6,15-18H2/t21-/m1/s1. The fourth-order valence-corrected chi connectivity index (χ4v) is 6.06. The number of amides is 1. The van der Waals surface area contributed by atoms with E-state index in [1.54, 1.807) is 36.4 Å². The van der Waals surface area contributed by atoms with Crippen LogP contribution in [0.2, 0.25) is 0 Å². The Hall–Kier alpha value is -2.25. The number of piperidine rings is 1. The molecule has 2 aromatic carbocycles. The molecule has 5 nitrogen and oxygen atoms in total. The second-order valence-electron chi connectivity index (χ2n) is 8.48. The van der Waals surface area contributed by atoms with Crippen LogP contribution >= 0.6 is 0 Å². The van der Waals surface area contributed by atoms with E-state index in [4.69, 9.17) is 0 Å². The lowest BCUT2D eigenvalue weighted by atomic mass is 9.94. The largest absolute Gasteiger partial charge is 0.338 e. The Balaban J connectivity index is 1.48. The quantitative estimate of drug-likeness (QED) is 0.702. The molecular formula is C24H29FN2O3S. The fourth-order valence-electron chi connectivity index (χ4n) is 4.54. The summed E-state index contributed by atoms with van der Waals surface area (Å²) in [6.07, 6.45) is 5.74. The van der Waals surface area contributed by atoms with Gasteiger partial charge in [-0.2, -0.15) is 4.31 Å². The third-order valence-corrected chi connectivity index (χ3v) is 8.27. The molecule has 0 bridgehead atoms. The van der Waals surface area contributed by atoms with Gasteiger partial charge >= 0.3 is 0 Å². The topological polar surface area (TPSA) is 57.7 Å². The Morgan fingerprint density at radius 3 is 2.16 bits per heavy atom. The monoisotopic (exact) mass is 444 g/mol. The predicted octanol–water partition coefficient (Wildman–Crippen LogP) is 4.41. The summed E-state index contributed by atoms with van der Waals surface area (Å²) in [5.74, 6) is -0.174. The van der Waals surface area contributed by atoms with E-state index in [-0.39, 0.29) is 22.5 Å². The molecule has 0 radical (unpaired) electrons. The molecule has 2 aliphatic rings. The summed E-state index contributed by atoms with van der Waals surface area (Å²) < 4.78 is 40.5. The van der Waals surface area contributed by atoms with Crippen molar-refractivity contribution in [1.29, 1.82) is 0 Å². The summed E-state index contributed by atoms with van der Waals surface area (Å²) in [5, 5.41) is 0. The summed E-state index contributed by atoms with van der Waals surface area (Å²) in [4.78, 5) is 15.2. The van der Waals surface area contributed by atoms with Gasteiger partial charge in [-0.1, -0.05) is 25.0 Å². The highest BCUT2D eigenvalue weighted by molar-refractivity contribution is 7.89. The molecule has 0 aromatic heterocycles. The van der Waals surface area contributed by atoms with Gasteiger partial charge in [0, 0.05) is 37.7 Å². The van der Waals surface area contributed by atoms with Crippen LogP contribution < -0.4 is 0 Å². The molecule has 1 atom stereocenters. The molecule has 2 saturated heterocycles. The van der Waals surface area contributed by atoms with E-state index < -0.39 is 10.0 Å². The van der Waals surface area contributed by atoms with Crippen LogP contribution in [0.25, 0.3) is 0 Å². The van der Waals surface area contributed by atoms with Crippen LogP contribution in [0, 0.1) is 5.82 Å². The van der Waals surface area contributed by atoms with Crippen LogP contribution in [-0.2, 0) is 10.0 Å². The van der Waals surface area contributed by atoms with Gasteiger partial charge in [-0.3, -0.25) is 4.79 Å². The van der Waals surface area contributed by atoms with Crippen molar-refractivity contribution < 1.29 is 17.6 Å². The summed E-state index contributed by atoms with van der Waals surface area (Å²) >= 11 is 0. The van der Waals surface area contributed by atoms with Crippen LogP contribution in [0.15, 0.2) is 53.4 Å². The molecule has 7 heteroatoms. The number of nitrogens with zero attached hydrogens (tertiary/aromatic N) is 2. The van der Waals surface area contributed by atoms with Gasteiger partial charge in [0.25, 0.3) is 5.91 Å². The Bertz CT molecular complexity index is 1000. The van der Waals surface area contributed by atoms with Crippen molar-refractivity contribution in [2.45, 2.75) is 49.3 Å². The van der Waals surface area contributed by atoms with Crippen molar-refractivity contribution in [3.63, 3.8) is 0 Å². The smallest absolute Gasteiger partial charge is 0.253 e. The average molecular weight is 445 g/mol.